The van der Waals surface area contributed by atoms with Crippen LogP contribution in [0.1, 0.15) is 6.42 Å². The minimum atomic E-state index is -3.34. The van der Waals surface area contributed by atoms with Gasteiger partial charge in [0.2, 0.25) is 10.0 Å². The van der Waals surface area contributed by atoms with Crippen molar-refractivity contribution in [2.24, 2.45) is 0 Å². The molecule has 94 valence electrons. The summed E-state index contributed by atoms with van der Waals surface area (Å²) in [4.78, 5) is 5.99. The predicted molar refractivity (Wildman–Crippen MR) is 70.4 cm³/mol. The van der Waals surface area contributed by atoms with Gasteiger partial charge in [0.25, 0.3) is 0 Å². The Kier molecular flexibility index (Phi) is 3.70. The highest BCUT2D eigenvalue weighted by Crippen LogP contribution is 2.19. The monoisotopic (exact) mass is 319 g/mol. The lowest BCUT2D eigenvalue weighted by Crippen LogP contribution is -2.30. The van der Waals surface area contributed by atoms with Crippen molar-refractivity contribution in [3.8, 4) is 0 Å². The molecule has 2 heterocycles. The van der Waals surface area contributed by atoms with Crippen molar-refractivity contribution in [1.82, 2.24) is 9.88 Å². The summed E-state index contributed by atoms with van der Waals surface area (Å²) in [5.74, 6) is 0.355. The number of rotatable bonds is 3. The van der Waals surface area contributed by atoms with E-state index in [0.717, 1.165) is 11.0 Å². The first-order chi connectivity index (χ1) is 7.97. The third-order valence-corrected chi connectivity index (χ3v) is 5.01. The molecular weight excluding hydrogens is 306 g/mol. The van der Waals surface area contributed by atoms with E-state index in [1.54, 1.807) is 18.3 Å². The Morgan fingerprint density at radius 1 is 1.59 bits per heavy atom. The van der Waals surface area contributed by atoms with Crippen LogP contribution in [0.5, 0.6) is 0 Å². The van der Waals surface area contributed by atoms with Crippen molar-refractivity contribution < 1.29 is 8.42 Å². The molecule has 1 unspecified atom stereocenters. The maximum Gasteiger partial charge on any atom is 0.238 e. The molecule has 0 radical (unpaired) electrons. The first-order valence-electron chi connectivity index (χ1n) is 5.29. The highest BCUT2D eigenvalue weighted by atomic mass is 79.9. The van der Waals surface area contributed by atoms with E-state index in [2.05, 4.69) is 25.6 Å². The molecule has 5 nitrogen and oxygen atoms in total. The fourth-order valence-corrected chi connectivity index (χ4v) is 3.61. The number of hydrogen-bond donors (Lipinski definition) is 1. The molecule has 17 heavy (non-hydrogen) atoms. The highest BCUT2D eigenvalue weighted by Gasteiger charge is 2.31. The molecule has 1 aromatic heterocycles. The summed E-state index contributed by atoms with van der Waals surface area (Å²) >= 11 is 3.28. The molecule has 0 bridgehead atoms. The largest absolute Gasteiger partial charge is 0.305 e. The van der Waals surface area contributed by atoms with Gasteiger partial charge in [-0.05, 0) is 32.1 Å². The molecule has 0 aromatic carbocycles. The van der Waals surface area contributed by atoms with E-state index in [9.17, 15) is 8.42 Å². The van der Waals surface area contributed by atoms with Crippen LogP contribution in [0.2, 0.25) is 0 Å². The zero-order valence-electron chi connectivity index (χ0n) is 9.43. The Morgan fingerprint density at radius 2 is 2.35 bits per heavy atom. The van der Waals surface area contributed by atoms with Gasteiger partial charge in [0.05, 0.1) is 5.25 Å². The van der Waals surface area contributed by atoms with Gasteiger partial charge in [-0.15, -0.1) is 0 Å². The molecule has 0 spiro atoms. The van der Waals surface area contributed by atoms with Crippen molar-refractivity contribution in [3.63, 3.8) is 0 Å². The lowest BCUT2D eigenvalue weighted by molar-refractivity contribution is 0.417. The van der Waals surface area contributed by atoms with Gasteiger partial charge in [-0.3, -0.25) is 4.72 Å². The van der Waals surface area contributed by atoms with Gasteiger partial charge in [-0.25, -0.2) is 13.4 Å². The molecule has 0 saturated carbocycles. The summed E-state index contributed by atoms with van der Waals surface area (Å²) in [5.41, 5.74) is 0. The highest BCUT2D eigenvalue weighted by molar-refractivity contribution is 9.10. The van der Waals surface area contributed by atoms with Gasteiger partial charge in [-0.2, -0.15) is 0 Å². The number of aromatic nitrogens is 1. The normalized spacial score (nSPS) is 21.6. The van der Waals surface area contributed by atoms with E-state index in [0.29, 0.717) is 18.8 Å². The number of sulfonamides is 1. The number of hydrogen-bond acceptors (Lipinski definition) is 4. The number of anilines is 1. The van der Waals surface area contributed by atoms with Gasteiger partial charge in [-0.1, -0.05) is 15.9 Å². The molecule has 2 rings (SSSR count). The lowest BCUT2D eigenvalue weighted by Gasteiger charge is -2.13. The summed E-state index contributed by atoms with van der Waals surface area (Å²) in [5, 5.41) is -0.353. The van der Waals surface area contributed by atoms with Crippen LogP contribution in [-0.4, -0.2) is 43.7 Å². The maximum atomic E-state index is 12.1. The Morgan fingerprint density at radius 3 is 2.94 bits per heavy atom. The summed E-state index contributed by atoms with van der Waals surface area (Å²) in [6, 6.07) is 3.40. The van der Waals surface area contributed by atoms with Gasteiger partial charge in [0, 0.05) is 17.2 Å². The van der Waals surface area contributed by atoms with Gasteiger partial charge >= 0.3 is 0 Å². The van der Waals surface area contributed by atoms with Crippen LogP contribution < -0.4 is 4.72 Å². The van der Waals surface area contributed by atoms with Crippen LogP contribution in [0.15, 0.2) is 22.8 Å². The molecule has 1 aliphatic rings. The van der Waals surface area contributed by atoms with Crippen molar-refractivity contribution in [1.29, 1.82) is 0 Å². The molecule has 1 saturated heterocycles. The van der Waals surface area contributed by atoms with Crippen molar-refractivity contribution in [2.45, 2.75) is 11.7 Å². The van der Waals surface area contributed by atoms with E-state index in [1.165, 1.54) is 0 Å². The third-order valence-electron chi connectivity index (χ3n) is 2.76. The molecule has 1 aliphatic heterocycles. The summed E-state index contributed by atoms with van der Waals surface area (Å²) < 4.78 is 27.5. The minimum Gasteiger partial charge on any atom is -0.305 e. The van der Waals surface area contributed by atoms with Crippen LogP contribution in [0.25, 0.3) is 0 Å². The van der Waals surface area contributed by atoms with E-state index >= 15 is 0 Å². The fourth-order valence-electron chi connectivity index (χ4n) is 1.84. The summed E-state index contributed by atoms with van der Waals surface area (Å²) in [6.07, 6.45) is 2.22. The second-order valence-corrected chi connectivity index (χ2v) is 7.06. The summed E-state index contributed by atoms with van der Waals surface area (Å²) in [6.45, 7) is 1.39. The standard InChI is InChI=1S/C10H14BrN3O2S/c1-14-5-3-9(7-14)17(15,16)13-10-6-8(11)2-4-12-10/h2,4,6,9H,3,5,7H2,1H3,(H,12,13). The molecule has 0 amide bonds. The molecule has 0 aliphatic carbocycles. The quantitative estimate of drug-likeness (QED) is 0.912. The Hall–Kier alpha value is -0.660. The second-order valence-electron chi connectivity index (χ2n) is 4.18. The number of nitrogens with one attached hydrogen (secondary N) is 1. The predicted octanol–water partition coefficient (Wildman–Crippen LogP) is 1.29. The second kappa shape index (κ2) is 4.91. The molecule has 1 N–H and O–H groups in total. The topological polar surface area (TPSA) is 62.3 Å². The van der Waals surface area contributed by atoms with Crippen LogP contribution in [0.3, 0.4) is 0 Å². The number of nitrogens with zero attached hydrogens (tertiary/aromatic N) is 2. The Balaban J connectivity index is 2.12. The fraction of sp³-hybridized carbons (Fsp3) is 0.500. The Labute approximate surface area is 109 Å². The molecule has 1 fully saturated rings. The average Bonchev–Trinajstić information content (AvgIpc) is 2.65. The molecular formula is C10H14BrN3O2S. The van der Waals surface area contributed by atoms with Gasteiger partial charge < -0.3 is 4.90 Å². The third kappa shape index (κ3) is 3.17. The smallest absolute Gasteiger partial charge is 0.238 e. The number of pyridine rings is 1. The first kappa shape index (κ1) is 12.8. The van der Waals surface area contributed by atoms with E-state index in [4.69, 9.17) is 0 Å². The van der Waals surface area contributed by atoms with Gasteiger partial charge in [0.15, 0.2) is 0 Å². The van der Waals surface area contributed by atoms with E-state index in [-0.39, 0.29) is 5.25 Å². The van der Waals surface area contributed by atoms with Gasteiger partial charge in [0.1, 0.15) is 5.82 Å². The van der Waals surface area contributed by atoms with E-state index < -0.39 is 10.0 Å². The van der Waals surface area contributed by atoms with Crippen LogP contribution in [-0.2, 0) is 10.0 Å². The zero-order chi connectivity index (χ0) is 12.5. The molecule has 1 atom stereocenters. The average molecular weight is 320 g/mol. The zero-order valence-corrected chi connectivity index (χ0v) is 11.8. The lowest BCUT2D eigenvalue weighted by atomic mass is 10.4. The minimum absolute atomic E-state index is 0.353. The molecule has 7 heteroatoms. The SMILES string of the molecule is CN1CCC(S(=O)(=O)Nc2cc(Br)ccn2)C1. The maximum absolute atomic E-state index is 12.1. The van der Waals surface area contributed by atoms with Crippen LogP contribution >= 0.6 is 15.9 Å². The number of halogens is 1. The summed E-state index contributed by atoms with van der Waals surface area (Å²) in [7, 11) is -1.41. The Bertz CT molecular complexity index is 506. The van der Waals surface area contributed by atoms with Crippen molar-refractivity contribution in [2.75, 3.05) is 24.9 Å². The molecule has 1 aromatic rings. The van der Waals surface area contributed by atoms with Crippen molar-refractivity contribution in [3.05, 3.63) is 22.8 Å². The van der Waals surface area contributed by atoms with Crippen molar-refractivity contribution >= 4 is 31.8 Å². The van der Waals surface area contributed by atoms with Crippen LogP contribution in [0, 0.1) is 0 Å². The number of likely N-dealkylation sites (tertiary alicyclic amines) is 1. The first-order valence-corrected chi connectivity index (χ1v) is 7.63. The van der Waals surface area contributed by atoms with E-state index in [1.807, 2.05) is 11.9 Å². The van der Waals surface area contributed by atoms with Crippen LogP contribution in [0.4, 0.5) is 5.82 Å².